The molecule has 5 N–H and O–H groups in total. The smallest absolute Gasteiger partial charge is 0.345 e. The van der Waals surface area contributed by atoms with E-state index in [0.29, 0.717) is 17.4 Å². The Morgan fingerprint density at radius 2 is 1.79 bits per heavy atom. The van der Waals surface area contributed by atoms with Crippen molar-refractivity contribution < 1.29 is 38.5 Å². The summed E-state index contributed by atoms with van der Waals surface area (Å²) in [5, 5.41) is 30.2. The van der Waals surface area contributed by atoms with Crippen LogP contribution in [0.4, 0.5) is 5.82 Å². The average molecular weight is 625 g/mol. The van der Waals surface area contributed by atoms with Crippen molar-refractivity contribution in [2.75, 3.05) is 18.6 Å². The maximum Gasteiger partial charge on any atom is 0.345 e. The number of aromatic nitrogens is 5. The van der Waals surface area contributed by atoms with Gasteiger partial charge in [-0.2, -0.15) is 9.97 Å². The highest BCUT2D eigenvalue weighted by atomic mass is 35.5. The van der Waals surface area contributed by atoms with E-state index < -0.39 is 50.9 Å². The first-order chi connectivity index (χ1) is 18.0. The molecule has 4 rings (SSSR count). The van der Waals surface area contributed by atoms with E-state index >= 15 is 0 Å². The van der Waals surface area contributed by atoms with Crippen LogP contribution in [0.3, 0.4) is 0 Å². The molecule has 1 unspecified atom stereocenters. The zero-order valence-electron chi connectivity index (χ0n) is 21.0. The quantitative estimate of drug-likeness (QED) is 0.172. The van der Waals surface area contributed by atoms with E-state index in [-0.39, 0.29) is 22.9 Å². The summed E-state index contributed by atoms with van der Waals surface area (Å²) >= 11 is 12.5. The maximum atomic E-state index is 12.6. The molecule has 2 heterocycles. The Balaban J connectivity index is 1.58. The molecule has 5 atom stereocenters. The lowest BCUT2D eigenvalue weighted by molar-refractivity contribution is -0.00392. The molecule has 0 aliphatic heterocycles. The SMILES string of the molecule is CN(Cc1ccccc1Cl)c1nc(Cl)nc2c1nnn2[C@@H]1C[C@H](COP(=O)(O)C(C)(C)P(=O)(O)O)[C@@H](O)[C@H]1O. The highest BCUT2D eigenvalue weighted by molar-refractivity contribution is 7.72. The number of aliphatic hydroxyl groups excluding tert-OH is 2. The van der Waals surface area contributed by atoms with E-state index in [4.69, 9.17) is 27.7 Å². The van der Waals surface area contributed by atoms with Crippen molar-refractivity contribution in [1.29, 1.82) is 0 Å². The average Bonchev–Trinajstić information content (AvgIpc) is 3.38. The van der Waals surface area contributed by atoms with Crippen LogP contribution in [0, 0.1) is 5.92 Å². The molecule has 1 aromatic carbocycles. The molecule has 0 amide bonds. The minimum Gasteiger partial charge on any atom is -0.390 e. The van der Waals surface area contributed by atoms with Gasteiger partial charge in [-0.3, -0.25) is 9.13 Å². The molecule has 3 aromatic rings. The van der Waals surface area contributed by atoms with E-state index in [1.165, 1.54) is 4.68 Å². The van der Waals surface area contributed by atoms with Gasteiger partial charge in [0.25, 0.3) is 0 Å². The van der Waals surface area contributed by atoms with Gasteiger partial charge >= 0.3 is 15.2 Å². The highest BCUT2D eigenvalue weighted by Crippen LogP contribution is 2.71. The molecular formula is C21H28Cl2N6O8P2. The van der Waals surface area contributed by atoms with Gasteiger partial charge in [0.05, 0.1) is 18.8 Å². The number of fused-ring (bicyclic) bond motifs is 1. The van der Waals surface area contributed by atoms with Crippen LogP contribution in [-0.4, -0.2) is 80.6 Å². The fourth-order valence-corrected chi connectivity index (χ4v) is 6.82. The molecule has 39 heavy (non-hydrogen) atoms. The number of aliphatic hydroxyl groups is 2. The van der Waals surface area contributed by atoms with E-state index in [1.807, 2.05) is 18.2 Å². The second-order valence-corrected chi connectivity index (χ2v) is 15.6. The summed E-state index contributed by atoms with van der Waals surface area (Å²) in [6.07, 6.45) is -2.79. The van der Waals surface area contributed by atoms with Crippen LogP contribution < -0.4 is 4.90 Å². The Morgan fingerprint density at radius 1 is 1.13 bits per heavy atom. The van der Waals surface area contributed by atoms with Crippen molar-refractivity contribution >= 4 is 55.4 Å². The second-order valence-electron chi connectivity index (χ2n) is 9.87. The molecule has 18 heteroatoms. The lowest BCUT2D eigenvalue weighted by Crippen LogP contribution is -2.31. The predicted molar refractivity (Wildman–Crippen MR) is 143 cm³/mol. The molecule has 0 saturated heterocycles. The largest absolute Gasteiger partial charge is 0.390 e. The fourth-order valence-electron chi connectivity index (χ4n) is 4.26. The summed E-state index contributed by atoms with van der Waals surface area (Å²) in [5.41, 5.74) is 1.29. The van der Waals surface area contributed by atoms with Crippen LogP contribution in [0.5, 0.6) is 0 Å². The number of benzene rings is 1. The van der Waals surface area contributed by atoms with Gasteiger partial charge in [-0.05, 0) is 43.5 Å². The zero-order chi connectivity index (χ0) is 28.9. The van der Waals surface area contributed by atoms with Gasteiger partial charge in [0.15, 0.2) is 21.9 Å². The molecule has 214 valence electrons. The van der Waals surface area contributed by atoms with Gasteiger partial charge in [-0.25, -0.2) is 4.68 Å². The van der Waals surface area contributed by atoms with Crippen LogP contribution >= 0.6 is 38.4 Å². The highest BCUT2D eigenvalue weighted by Gasteiger charge is 2.55. The van der Waals surface area contributed by atoms with Gasteiger partial charge in [0, 0.05) is 24.5 Å². The summed E-state index contributed by atoms with van der Waals surface area (Å²) in [4.78, 5) is 37.1. The summed E-state index contributed by atoms with van der Waals surface area (Å²) in [6.45, 7) is 1.65. The van der Waals surface area contributed by atoms with Crippen molar-refractivity contribution in [1.82, 2.24) is 25.0 Å². The second kappa shape index (κ2) is 10.9. The van der Waals surface area contributed by atoms with Gasteiger partial charge in [0.2, 0.25) is 5.28 Å². The van der Waals surface area contributed by atoms with Crippen molar-refractivity contribution in [2.45, 2.75) is 50.0 Å². The van der Waals surface area contributed by atoms with Crippen molar-refractivity contribution in [2.24, 2.45) is 5.92 Å². The van der Waals surface area contributed by atoms with Crippen molar-refractivity contribution in [3.63, 3.8) is 0 Å². The monoisotopic (exact) mass is 624 g/mol. The summed E-state index contributed by atoms with van der Waals surface area (Å²) in [5.74, 6) is -0.526. The minimum absolute atomic E-state index is 0.0174. The Bertz CT molecular complexity index is 1470. The van der Waals surface area contributed by atoms with Gasteiger partial charge < -0.3 is 34.3 Å². The van der Waals surface area contributed by atoms with Crippen LogP contribution in [0.25, 0.3) is 11.2 Å². The van der Waals surface area contributed by atoms with Gasteiger partial charge in [-0.15, -0.1) is 5.10 Å². The molecule has 1 saturated carbocycles. The van der Waals surface area contributed by atoms with E-state index in [9.17, 15) is 34.0 Å². The van der Waals surface area contributed by atoms with Crippen LogP contribution in [-0.2, 0) is 20.2 Å². The van der Waals surface area contributed by atoms with E-state index in [1.54, 1.807) is 18.0 Å². The van der Waals surface area contributed by atoms with E-state index in [0.717, 1.165) is 19.4 Å². The topological polar surface area (TPSA) is 204 Å². The molecule has 0 radical (unpaired) electrons. The number of anilines is 1. The van der Waals surface area contributed by atoms with Crippen molar-refractivity contribution in [3.05, 3.63) is 40.1 Å². The zero-order valence-corrected chi connectivity index (χ0v) is 24.3. The molecular weight excluding hydrogens is 597 g/mol. The third-order valence-electron chi connectivity index (χ3n) is 6.96. The number of nitrogens with zero attached hydrogens (tertiary/aromatic N) is 6. The molecule has 0 bridgehead atoms. The van der Waals surface area contributed by atoms with Crippen LogP contribution in [0.2, 0.25) is 10.3 Å². The maximum absolute atomic E-state index is 12.6. The predicted octanol–water partition coefficient (Wildman–Crippen LogP) is 2.56. The first-order valence-electron chi connectivity index (χ1n) is 11.7. The van der Waals surface area contributed by atoms with Gasteiger partial charge in [-0.1, -0.05) is 35.0 Å². The Kier molecular flexibility index (Phi) is 8.49. The van der Waals surface area contributed by atoms with Crippen LogP contribution in [0.1, 0.15) is 31.9 Å². The number of hydrogen-bond donors (Lipinski definition) is 5. The van der Waals surface area contributed by atoms with E-state index in [2.05, 4.69) is 20.3 Å². The first-order valence-corrected chi connectivity index (χ1v) is 15.6. The molecule has 2 aromatic heterocycles. The summed E-state index contributed by atoms with van der Waals surface area (Å²) in [6, 6.07) is 6.41. The Labute approximate surface area is 233 Å². The lowest BCUT2D eigenvalue weighted by Gasteiger charge is -2.30. The van der Waals surface area contributed by atoms with Crippen LogP contribution in [0.15, 0.2) is 24.3 Å². The minimum atomic E-state index is -5.01. The number of rotatable bonds is 9. The van der Waals surface area contributed by atoms with Gasteiger partial charge in [0.1, 0.15) is 6.10 Å². The van der Waals surface area contributed by atoms with Crippen molar-refractivity contribution in [3.8, 4) is 0 Å². The lowest BCUT2D eigenvalue weighted by atomic mass is 10.1. The summed E-state index contributed by atoms with van der Waals surface area (Å²) in [7, 11) is -8.09. The third kappa shape index (κ3) is 5.73. The molecule has 0 spiro atoms. The standard InChI is InChI=1S/C21H28Cl2N6O8P2/c1-21(2,38(32,33)34)39(35,36)37-10-12-8-14(17(31)16(12)30)29-19-15(26-27-29)18(24-20(23)25-19)28(3)9-11-6-4-5-7-13(11)22/h4-7,12,14,16-17,30-31H,8-10H2,1-3H3,(H,35,36)(H2,32,33,34)/t12-,14-,16-,17+/m1/s1. The number of hydrogen-bond acceptors (Lipinski definition) is 10. The number of halogens is 2. The first kappa shape index (κ1) is 30.3. The molecule has 1 aliphatic rings. The Morgan fingerprint density at radius 3 is 2.44 bits per heavy atom. The third-order valence-corrected chi connectivity index (χ3v) is 12.3. The molecule has 14 nitrogen and oxygen atoms in total. The Hall–Kier alpha value is -1.70. The molecule has 1 aliphatic carbocycles. The summed E-state index contributed by atoms with van der Waals surface area (Å²) < 4.78 is 30.7. The molecule has 1 fully saturated rings. The fraction of sp³-hybridized carbons (Fsp3) is 0.524. The normalized spacial score (nSPS) is 23.7.